The molecule has 16 heavy (non-hydrogen) atoms. The van der Waals surface area contributed by atoms with Gasteiger partial charge in [-0.1, -0.05) is 33.6 Å². The fraction of sp³-hybridized carbons (Fsp3) is 1.00. The van der Waals surface area contributed by atoms with Crippen LogP contribution in [0.1, 0.15) is 46.5 Å². The zero-order valence-corrected chi connectivity index (χ0v) is 11.3. The van der Waals surface area contributed by atoms with Crippen LogP contribution in [0.5, 0.6) is 0 Å². The van der Waals surface area contributed by atoms with Crippen LogP contribution in [0, 0.1) is 17.8 Å². The maximum Gasteiger partial charge on any atom is 0.0591 e. The van der Waals surface area contributed by atoms with Crippen LogP contribution < -0.4 is 5.32 Å². The molecule has 0 amide bonds. The summed E-state index contributed by atoms with van der Waals surface area (Å²) < 4.78 is 5.54. The quantitative estimate of drug-likeness (QED) is 0.675. The number of hydrogen-bond donors (Lipinski definition) is 1. The van der Waals surface area contributed by atoms with Crippen molar-refractivity contribution in [1.29, 1.82) is 0 Å². The van der Waals surface area contributed by atoms with Gasteiger partial charge in [0.05, 0.1) is 6.61 Å². The first kappa shape index (κ1) is 14.0. The predicted octanol–water partition coefficient (Wildman–Crippen LogP) is 3.07. The lowest BCUT2D eigenvalue weighted by Crippen LogP contribution is -2.29. The molecule has 0 bridgehead atoms. The highest BCUT2D eigenvalue weighted by Crippen LogP contribution is 2.27. The lowest BCUT2D eigenvalue weighted by atomic mass is 9.82. The Labute approximate surface area is 101 Å². The summed E-state index contributed by atoms with van der Waals surface area (Å²) >= 11 is 0. The first-order chi connectivity index (χ1) is 7.68. The third-order valence-electron chi connectivity index (χ3n) is 3.35. The highest BCUT2D eigenvalue weighted by atomic mass is 16.5. The summed E-state index contributed by atoms with van der Waals surface area (Å²) in [6.07, 6.45) is 5.70. The molecule has 1 aliphatic rings. The van der Waals surface area contributed by atoms with Gasteiger partial charge in [-0.05, 0) is 37.1 Å². The number of nitrogens with one attached hydrogen (secondary N) is 1. The molecule has 0 spiro atoms. The van der Waals surface area contributed by atoms with E-state index in [0.29, 0.717) is 5.92 Å². The normalized spacial score (nSPS) is 26.2. The average molecular weight is 227 g/mol. The summed E-state index contributed by atoms with van der Waals surface area (Å²) in [4.78, 5) is 0. The standard InChI is InChI=1S/C14H29NO/c1-12(2)11-16-8-7-15-10-14-6-4-5-13(3)9-14/h12-15H,4-11H2,1-3H3. The summed E-state index contributed by atoms with van der Waals surface area (Å²) in [6, 6.07) is 0. The third-order valence-corrected chi connectivity index (χ3v) is 3.35. The first-order valence-electron chi connectivity index (χ1n) is 6.97. The molecule has 96 valence electrons. The Hall–Kier alpha value is -0.0800. The van der Waals surface area contributed by atoms with E-state index in [1.807, 2.05) is 0 Å². The fourth-order valence-corrected chi connectivity index (χ4v) is 2.51. The average Bonchev–Trinajstić information content (AvgIpc) is 2.23. The van der Waals surface area contributed by atoms with E-state index in [4.69, 9.17) is 4.74 Å². The molecule has 1 aliphatic carbocycles. The molecule has 2 atom stereocenters. The Morgan fingerprint density at radius 3 is 2.81 bits per heavy atom. The van der Waals surface area contributed by atoms with Crippen LogP contribution in [0.3, 0.4) is 0 Å². The second-order valence-electron chi connectivity index (χ2n) is 5.81. The van der Waals surface area contributed by atoms with Crippen molar-refractivity contribution in [3.63, 3.8) is 0 Å². The van der Waals surface area contributed by atoms with E-state index < -0.39 is 0 Å². The van der Waals surface area contributed by atoms with E-state index in [2.05, 4.69) is 26.1 Å². The number of rotatable bonds is 7. The maximum absolute atomic E-state index is 5.54. The smallest absolute Gasteiger partial charge is 0.0591 e. The Morgan fingerprint density at radius 2 is 2.12 bits per heavy atom. The van der Waals surface area contributed by atoms with Crippen LogP contribution in [0.2, 0.25) is 0 Å². The summed E-state index contributed by atoms with van der Waals surface area (Å²) in [5, 5.41) is 3.52. The van der Waals surface area contributed by atoms with Gasteiger partial charge in [-0.25, -0.2) is 0 Å². The number of hydrogen-bond acceptors (Lipinski definition) is 2. The van der Waals surface area contributed by atoms with Crippen molar-refractivity contribution >= 4 is 0 Å². The van der Waals surface area contributed by atoms with E-state index in [-0.39, 0.29) is 0 Å². The molecule has 1 saturated carbocycles. The van der Waals surface area contributed by atoms with E-state index in [1.165, 1.54) is 32.2 Å². The number of ether oxygens (including phenoxy) is 1. The van der Waals surface area contributed by atoms with Crippen molar-refractivity contribution in [1.82, 2.24) is 5.32 Å². The van der Waals surface area contributed by atoms with Gasteiger partial charge in [-0.2, -0.15) is 0 Å². The van der Waals surface area contributed by atoms with Gasteiger partial charge in [0.2, 0.25) is 0 Å². The maximum atomic E-state index is 5.54. The second kappa shape index (κ2) is 8.08. The van der Waals surface area contributed by atoms with Gasteiger partial charge in [-0.3, -0.25) is 0 Å². The van der Waals surface area contributed by atoms with Crippen molar-refractivity contribution in [2.75, 3.05) is 26.3 Å². The lowest BCUT2D eigenvalue weighted by molar-refractivity contribution is 0.110. The van der Waals surface area contributed by atoms with Crippen LogP contribution in [0.15, 0.2) is 0 Å². The largest absolute Gasteiger partial charge is 0.380 e. The molecular formula is C14H29NO. The second-order valence-corrected chi connectivity index (χ2v) is 5.81. The monoisotopic (exact) mass is 227 g/mol. The molecular weight excluding hydrogens is 198 g/mol. The van der Waals surface area contributed by atoms with Crippen LogP contribution >= 0.6 is 0 Å². The van der Waals surface area contributed by atoms with Gasteiger partial charge >= 0.3 is 0 Å². The summed E-state index contributed by atoms with van der Waals surface area (Å²) in [5.74, 6) is 2.51. The van der Waals surface area contributed by atoms with E-state index in [1.54, 1.807) is 0 Å². The molecule has 0 aromatic carbocycles. The van der Waals surface area contributed by atoms with Crippen molar-refractivity contribution in [2.24, 2.45) is 17.8 Å². The Kier molecular flexibility index (Phi) is 7.06. The van der Waals surface area contributed by atoms with Crippen molar-refractivity contribution in [2.45, 2.75) is 46.5 Å². The zero-order chi connectivity index (χ0) is 11.8. The van der Waals surface area contributed by atoms with Gasteiger partial charge < -0.3 is 10.1 Å². The van der Waals surface area contributed by atoms with E-state index >= 15 is 0 Å². The van der Waals surface area contributed by atoms with Gasteiger partial charge in [0.1, 0.15) is 0 Å². The van der Waals surface area contributed by atoms with E-state index in [9.17, 15) is 0 Å². The fourth-order valence-electron chi connectivity index (χ4n) is 2.51. The van der Waals surface area contributed by atoms with Gasteiger partial charge in [0, 0.05) is 13.2 Å². The molecule has 2 unspecified atom stereocenters. The molecule has 0 aromatic rings. The minimum absolute atomic E-state index is 0.652. The minimum Gasteiger partial charge on any atom is -0.380 e. The summed E-state index contributed by atoms with van der Waals surface area (Å²) in [7, 11) is 0. The third kappa shape index (κ3) is 6.49. The molecule has 0 saturated heterocycles. The van der Waals surface area contributed by atoms with Crippen molar-refractivity contribution in [3.05, 3.63) is 0 Å². The molecule has 0 aromatic heterocycles. The Bertz CT molecular complexity index is 170. The molecule has 2 nitrogen and oxygen atoms in total. The highest BCUT2D eigenvalue weighted by molar-refractivity contribution is 4.72. The molecule has 0 heterocycles. The molecule has 1 fully saturated rings. The van der Waals surface area contributed by atoms with E-state index in [0.717, 1.165) is 31.6 Å². The van der Waals surface area contributed by atoms with Crippen molar-refractivity contribution in [3.8, 4) is 0 Å². The van der Waals surface area contributed by atoms with Crippen LogP contribution in [-0.4, -0.2) is 26.3 Å². The van der Waals surface area contributed by atoms with Gasteiger partial charge in [0.25, 0.3) is 0 Å². The topological polar surface area (TPSA) is 21.3 Å². The van der Waals surface area contributed by atoms with Crippen LogP contribution in [0.25, 0.3) is 0 Å². The lowest BCUT2D eigenvalue weighted by Gasteiger charge is -2.26. The van der Waals surface area contributed by atoms with Crippen molar-refractivity contribution < 1.29 is 4.74 Å². The summed E-state index contributed by atoms with van der Waals surface area (Å²) in [6.45, 7) is 10.7. The van der Waals surface area contributed by atoms with Gasteiger partial charge in [-0.15, -0.1) is 0 Å². The van der Waals surface area contributed by atoms with Crippen LogP contribution in [-0.2, 0) is 4.74 Å². The molecule has 1 N–H and O–H groups in total. The van der Waals surface area contributed by atoms with Gasteiger partial charge in [0.15, 0.2) is 0 Å². The molecule has 1 rings (SSSR count). The summed E-state index contributed by atoms with van der Waals surface area (Å²) in [5.41, 5.74) is 0. The SMILES string of the molecule is CC(C)COCCNCC1CCCC(C)C1. The highest BCUT2D eigenvalue weighted by Gasteiger charge is 2.17. The van der Waals surface area contributed by atoms with Crippen LogP contribution in [0.4, 0.5) is 0 Å². The Balaban J connectivity index is 1.90. The first-order valence-corrected chi connectivity index (χ1v) is 6.97. The molecule has 2 heteroatoms. The minimum atomic E-state index is 0.652. The molecule has 0 aliphatic heterocycles. The predicted molar refractivity (Wildman–Crippen MR) is 69.6 cm³/mol. The molecule has 0 radical (unpaired) electrons. The zero-order valence-electron chi connectivity index (χ0n) is 11.3. The Morgan fingerprint density at radius 1 is 1.31 bits per heavy atom.